The van der Waals surface area contributed by atoms with E-state index >= 15 is 0 Å². The Morgan fingerprint density at radius 2 is 1.84 bits per heavy atom. The maximum Gasteiger partial charge on any atom is 0.189 e. The highest BCUT2D eigenvalue weighted by Gasteiger charge is 2.31. The van der Waals surface area contributed by atoms with Gasteiger partial charge in [-0.15, -0.1) is 17.0 Å². The van der Waals surface area contributed by atoms with E-state index in [-0.39, 0.29) is 17.0 Å². The molecule has 3 N–H and O–H groups in total. The molecule has 1 aliphatic carbocycles. The quantitative estimate of drug-likeness (QED) is 0.587. The number of nitrogens with one attached hydrogen (secondary N) is 1. The molecule has 2 aromatic carbocycles. The molecule has 0 unspecified atom stereocenters. The van der Waals surface area contributed by atoms with Gasteiger partial charge < -0.3 is 15.8 Å². The molecule has 0 heterocycles. The van der Waals surface area contributed by atoms with Crippen LogP contribution in [0, 0.1) is 6.92 Å². The number of benzene rings is 2. The van der Waals surface area contributed by atoms with Crippen molar-refractivity contribution in [3.63, 3.8) is 0 Å². The van der Waals surface area contributed by atoms with E-state index in [1.54, 1.807) is 7.11 Å². The Bertz CT molecular complexity index is 726. The lowest BCUT2D eigenvalue weighted by atomic mass is 9.74. The number of halogens is 1. The van der Waals surface area contributed by atoms with Crippen molar-refractivity contribution in [2.24, 2.45) is 10.7 Å². The lowest BCUT2D eigenvalue weighted by Gasteiger charge is -2.37. The van der Waals surface area contributed by atoms with Crippen LogP contribution in [0.3, 0.4) is 0 Å². The van der Waals surface area contributed by atoms with Crippen LogP contribution in [0.25, 0.3) is 0 Å². The van der Waals surface area contributed by atoms with E-state index < -0.39 is 0 Å². The Kier molecular flexibility index (Phi) is 6.88. The molecule has 0 atom stereocenters. The first kappa shape index (κ1) is 19.3. The largest absolute Gasteiger partial charge is 0.496 e. The summed E-state index contributed by atoms with van der Waals surface area (Å²) in [4.78, 5) is 4.44. The van der Waals surface area contributed by atoms with E-state index in [0.29, 0.717) is 24.5 Å². The number of hydrogen-bond acceptors (Lipinski definition) is 2. The molecule has 1 saturated carbocycles. The predicted octanol–water partition coefficient (Wildman–Crippen LogP) is 3.93. The van der Waals surface area contributed by atoms with Crippen LogP contribution in [0.2, 0.25) is 0 Å². The van der Waals surface area contributed by atoms with Crippen LogP contribution in [-0.4, -0.2) is 19.1 Å². The minimum Gasteiger partial charge on any atom is -0.496 e. The van der Waals surface area contributed by atoms with Crippen LogP contribution < -0.4 is 15.8 Å². The minimum atomic E-state index is 0. The second-order valence-electron chi connectivity index (χ2n) is 6.38. The Morgan fingerprint density at radius 3 is 2.56 bits per heavy atom. The molecular weight excluding hydrogens is 378 g/mol. The lowest BCUT2D eigenvalue weighted by molar-refractivity contribution is 0.322. The zero-order valence-electron chi connectivity index (χ0n) is 14.7. The van der Waals surface area contributed by atoms with Crippen molar-refractivity contribution in [3.8, 4) is 5.75 Å². The van der Waals surface area contributed by atoms with Gasteiger partial charge >= 0.3 is 0 Å². The van der Waals surface area contributed by atoms with Gasteiger partial charge in [0, 0.05) is 11.6 Å². The second kappa shape index (κ2) is 8.90. The molecule has 4 nitrogen and oxygen atoms in total. The number of nitrogens with two attached hydrogens (primary N) is 1. The highest BCUT2D eigenvalue weighted by atomic mass is 79.9. The number of methoxy groups -OCH3 is 1. The van der Waals surface area contributed by atoms with Gasteiger partial charge in [0.1, 0.15) is 5.75 Å². The molecule has 2 aromatic rings. The normalized spacial score (nSPS) is 19.5. The number of hydrogen-bond donors (Lipinski definition) is 2. The zero-order chi connectivity index (χ0) is 16.9. The molecule has 0 radical (unpaired) electrons. The third kappa shape index (κ3) is 4.75. The summed E-state index contributed by atoms with van der Waals surface area (Å²) < 4.78 is 5.33. The Labute approximate surface area is 160 Å². The summed E-state index contributed by atoms with van der Waals surface area (Å²) in [5.74, 6) is 1.98. The molecule has 5 heteroatoms. The van der Waals surface area contributed by atoms with Gasteiger partial charge in [-0.05, 0) is 42.9 Å². The van der Waals surface area contributed by atoms with Crippen LogP contribution in [-0.2, 0) is 6.54 Å². The predicted molar refractivity (Wildman–Crippen MR) is 109 cm³/mol. The Hall–Kier alpha value is -2.01. The molecule has 1 aliphatic rings. The molecule has 1 fully saturated rings. The molecule has 0 bridgehead atoms. The standard InChI is InChI=1S/C20H25N3O.BrH/c1-14-7-3-5-9-18(14)16-11-17(12-16)23-20(21)22-13-15-8-4-6-10-19(15)24-2;/h3-10,16-17H,11-13H2,1-2H3,(H3,21,22,23);1H. The lowest BCUT2D eigenvalue weighted by Crippen LogP contribution is -2.46. The van der Waals surface area contributed by atoms with E-state index in [0.717, 1.165) is 24.2 Å². The second-order valence-corrected chi connectivity index (χ2v) is 6.38. The van der Waals surface area contributed by atoms with Gasteiger partial charge in [-0.3, -0.25) is 0 Å². The van der Waals surface area contributed by atoms with Crippen molar-refractivity contribution in [2.75, 3.05) is 7.11 Å². The van der Waals surface area contributed by atoms with Crippen molar-refractivity contribution in [2.45, 2.75) is 38.3 Å². The molecule has 25 heavy (non-hydrogen) atoms. The number of nitrogens with zero attached hydrogens (tertiary/aromatic N) is 1. The molecule has 0 spiro atoms. The van der Waals surface area contributed by atoms with E-state index in [9.17, 15) is 0 Å². The van der Waals surface area contributed by atoms with Gasteiger partial charge in [0.05, 0.1) is 13.7 Å². The summed E-state index contributed by atoms with van der Waals surface area (Å²) in [5.41, 5.74) is 9.91. The number of ether oxygens (including phenoxy) is 1. The first-order chi connectivity index (χ1) is 11.7. The summed E-state index contributed by atoms with van der Waals surface area (Å²) in [6.45, 7) is 2.70. The van der Waals surface area contributed by atoms with Gasteiger partial charge in [-0.25, -0.2) is 4.99 Å². The zero-order valence-corrected chi connectivity index (χ0v) is 16.4. The average molecular weight is 404 g/mol. The van der Waals surface area contributed by atoms with Crippen molar-refractivity contribution < 1.29 is 4.74 Å². The summed E-state index contributed by atoms with van der Waals surface area (Å²) in [5, 5.41) is 3.33. The minimum absolute atomic E-state index is 0. The van der Waals surface area contributed by atoms with Crippen LogP contribution in [0.5, 0.6) is 5.75 Å². The monoisotopic (exact) mass is 403 g/mol. The highest BCUT2D eigenvalue weighted by molar-refractivity contribution is 8.93. The van der Waals surface area contributed by atoms with Gasteiger partial charge in [0.15, 0.2) is 5.96 Å². The van der Waals surface area contributed by atoms with Crippen molar-refractivity contribution >= 4 is 22.9 Å². The summed E-state index contributed by atoms with van der Waals surface area (Å²) in [6.07, 6.45) is 2.21. The molecular formula is C20H26BrN3O. The third-order valence-corrected chi connectivity index (χ3v) is 4.73. The topological polar surface area (TPSA) is 59.6 Å². The molecule has 0 saturated heterocycles. The Balaban J connectivity index is 0.00000225. The van der Waals surface area contributed by atoms with Crippen molar-refractivity contribution in [1.29, 1.82) is 0 Å². The van der Waals surface area contributed by atoms with Gasteiger partial charge in [0.2, 0.25) is 0 Å². The van der Waals surface area contributed by atoms with Gasteiger partial charge in [-0.2, -0.15) is 0 Å². The Morgan fingerprint density at radius 1 is 1.16 bits per heavy atom. The number of para-hydroxylation sites is 1. The first-order valence-corrected chi connectivity index (χ1v) is 8.41. The van der Waals surface area contributed by atoms with Crippen molar-refractivity contribution in [1.82, 2.24) is 5.32 Å². The number of rotatable bonds is 5. The first-order valence-electron chi connectivity index (χ1n) is 8.41. The van der Waals surface area contributed by atoms with E-state index in [4.69, 9.17) is 10.5 Å². The summed E-state index contributed by atoms with van der Waals surface area (Å²) >= 11 is 0. The number of aliphatic imine (C=N–C) groups is 1. The number of aryl methyl sites for hydroxylation is 1. The molecule has 134 valence electrons. The average Bonchev–Trinajstić information content (AvgIpc) is 2.57. The molecule has 3 rings (SSSR count). The van der Waals surface area contributed by atoms with E-state index in [1.807, 2.05) is 24.3 Å². The van der Waals surface area contributed by atoms with Crippen LogP contribution in [0.1, 0.15) is 35.4 Å². The smallest absolute Gasteiger partial charge is 0.189 e. The van der Waals surface area contributed by atoms with Crippen LogP contribution in [0.4, 0.5) is 0 Å². The number of guanidine groups is 1. The fourth-order valence-corrected chi connectivity index (χ4v) is 3.29. The maximum atomic E-state index is 6.04. The van der Waals surface area contributed by atoms with Crippen molar-refractivity contribution in [3.05, 3.63) is 65.2 Å². The van der Waals surface area contributed by atoms with Gasteiger partial charge in [-0.1, -0.05) is 42.5 Å². The van der Waals surface area contributed by atoms with Gasteiger partial charge in [0.25, 0.3) is 0 Å². The molecule has 0 aliphatic heterocycles. The van der Waals surface area contributed by atoms with Crippen LogP contribution >= 0.6 is 17.0 Å². The third-order valence-electron chi connectivity index (χ3n) is 4.73. The van der Waals surface area contributed by atoms with E-state index in [2.05, 4.69) is 41.5 Å². The fraction of sp³-hybridized carbons (Fsp3) is 0.350. The summed E-state index contributed by atoms with van der Waals surface area (Å²) in [6, 6.07) is 16.9. The SMILES string of the molecule is Br.COc1ccccc1CN=C(N)NC1CC(c2ccccc2C)C1. The van der Waals surface area contributed by atoms with E-state index in [1.165, 1.54) is 11.1 Å². The highest BCUT2D eigenvalue weighted by Crippen LogP contribution is 2.38. The maximum absolute atomic E-state index is 6.04. The fourth-order valence-electron chi connectivity index (χ4n) is 3.29. The molecule has 0 amide bonds. The summed E-state index contributed by atoms with van der Waals surface area (Å²) in [7, 11) is 1.67. The van der Waals surface area contributed by atoms with Crippen LogP contribution in [0.15, 0.2) is 53.5 Å². The molecule has 0 aromatic heterocycles.